The highest BCUT2D eigenvalue weighted by Crippen LogP contribution is 2.23. The standard InChI is InChI=1S/C20H21N5O5S2/c1-12-4-9-16(22-13(2)26)17(10-12)32(28,29)21-11-18-24-25-20(31-18)19(27)23-14-5-7-15(30-3)8-6-14/h4-10,21H,11H2,1-3H3,(H,22,26)(H,23,27). The van der Waals surface area contributed by atoms with E-state index in [1.165, 1.54) is 19.1 Å². The van der Waals surface area contributed by atoms with Crippen LogP contribution in [0.4, 0.5) is 11.4 Å². The maximum atomic E-state index is 12.8. The highest BCUT2D eigenvalue weighted by Gasteiger charge is 2.21. The number of ether oxygens (including phenoxy) is 1. The Morgan fingerprint density at radius 2 is 1.78 bits per heavy atom. The molecule has 0 atom stereocenters. The maximum absolute atomic E-state index is 12.8. The van der Waals surface area contributed by atoms with Gasteiger partial charge in [0.05, 0.1) is 19.3 Å². The number of benzene rings is 2. The van der Waals surface area contributed by atoms with E-state index in [0.29, 0.717) is 22.0 Å². The highest BCUT2D eigenvalue weighted by molar-refractivity contribution is 7.89. The average molecular weight is 476 g/mol. The third kappa shape index (κ3) is 5.87. The Labute approximate surface area is 189 Å². The lowest BCUT2D eigenvalue weighted by molar-refractivity contribution is -0.114. The van der Waals surface area contributed by atoms with Gasteiger partial charge in [-0.05, 0) is 48.9 Å². The Morgan fingerprint density at radius 1 is 1.06 bits per heavy atom. The first-order valence-electron chi connectivity index (χ1n) is 9.33. The minimum absolute atomic E-state index is 0.0605. The van der Waals surface area contributed by atoms with Crippen LogP contribution in [0, 0.1) is 6.92 Å². The van der Waals surface area contributed by atoms with Crippen molar-refractivity contribution in [1.82, 2.24) is 14.9 Å². The van der Waals surface area contributed by atoms with Crippen molar-refractivity contribution in [2.45, 2.75) is 25.3 Å². The predicted octanol–water partition coefficient (Wildman–Crippen LogP) is 2.54. The lowest BCUT2D eigenvalue weighted by atomic mass is 10.2. The summed E-state index contributed by atoms with van der Waals surface area (Å²) in [5, 5.41) is 13.3. The van der Waals surface area contributed by atoms with Crippen molar-refractivity contribution >= 4 is 44.5 Å². The first-order valence-corrected chi connectivity index (χ1v) is 11.6. The normalized spacial score (nSPS) is 11.1. The molecular formula is C20H21N5O5S2. The molecule has 0 fully saturated rings. The number of methoxy groups -OCH3 is 1. The van der Waals surface area contributed by atoms with Crippen molar-refractivity contribution in [1.29, 1.82) is 0 Å². The van der Waals surface area contributed by atoms with Crippen molar-refractivity contribution < 1.29 is 22.7 Å². The fourth-order valence-corrected chi connectivity index (χ4v) is 4.65. The summed E-state index contributed by atoms with van der Waals surface area (Å²) in [4.78, 5) is 23.7. The molecule has 12 heteroatoms. The first kappa shape index (κ1) is 23.3. The molecule has 10 nitrogen and oxygen atoms in total. The molecule has 1 heterocycles. The largest absolute Gasteiger partial charge is 0.497 e. The number of amides is 2. The van der Waals surface area contributed by atoms with E-state index >= 15 is 0 Å². The zero-order valence-corrected chi connectivity index (χ0v) is 19.1. The van der Waals surface area contributed by atoms with Gasteiger partial charge in [-0.3, -0.25) is 9.59 Å². The van der Waals surface area contributed by atoms with Crippen LogP contribution in [0.2, 0.25) is 0 Å². The number of carbonyl (C=O) groups is 2. The molecule has 3 N–H and O–H groups in total. The zero-order chi connectivity index (χ0) is 23.3. The third-order valence-electron chi connectivity index (χ3n) is 4.16. The van der Waals surface area contributed by atoms with Crippen LogP contribution in [-0.4, -0.2) is 37.5 Å². The molecule has 0 aliphatic rings. The summed E-state index contributed by atoms with van der Waals surface area (Å²) in [7, 11) is -2.42. The summed E-state index contributed by atoms with van der Waals surface area (Å²) in [5.41, 5.74) is 1.44. The van der Waals surface area contributed by atoms with E-state index in [0.717, 1.165) is 11.3 Å². The fraction of sp³-hybridized carbons (Fsp3) is 0.200. The Kier molecular flexibility index (Phi) is 7.18. The number of hydrogen-bond acceptors (Lipinski definition) is 8. The monoisotopic (exact) mass is 475 g/mol. The minimum Gasteiger partial charge on any atom is -0.497 e. The lowest BCUT2D eigenvalue weighted by Crippen LogP contribution is -2.25. The zero-order valence-electron chi connectivity index (χ0n) is 17.5. The summed E-state index contributed by atoms with van der Waals surface area (Å²) < 4.78 is 33.1. The van der Waals surface area contributed by atoms with Gasteiger partial charge in [0.1, 0.15) is 15.7 Å². The van der Waals surface area contributed by atoms with Crippen molar-refractivity contribution in [3.8, 4) is 5.75 Å². The van der Waals surface area contributed by atoms with E-state index in [1.54, 1.807) is 44.4 Å². The van der Waals surface area contributed by atoms with Gasteiger partial charge in [-0.15, -0.1) is 10.2 Å². The fourth-order valence-electron chi connectivity index (χ4n) is 2.66. The van der Waals surface area contributed by atoms with Crippen molar-refractivity contribution in [2.75, 3.05) is 17.7 Å². The smallest absolute Gasteiger partial charge is 0.286 e. The van der Waals surface area contributed by atoms with Crippen molar-refractivity contribution in [2.24, 2.45) is 0 Å². The number of aromatic nitrogens is 2. The number of sulfonamides is 1. The van der Waals surface area contributed by atoms with Gasteiger partial charge in [-0.25, -0.2) is 13.1 Å². The lowest BCUT2D eigenvalue weighted by Gasteiger charge is -2.12. The SMILES string of the molecule is COc1ccc(NC(=O)c2nnc(CNS(=O)(=O)c3cc(C)ccc3NC(C)=O)s2)cc1. The van der Waals surface area contributed by atoms with E-state index in [2.05, 4.69) is 25.6 Å². The van der Waals surface area contributed by atoms with Crippen LogP contribution in [0.1, 0.15) is 27.3 Å². The van der Waals surface area contributed by atoms with Crippen molar-refractivity contribution in [3.63, 3.8) is 0 Å². The van der Waals surface area contributed by atoms with E-state index in [1.807, 2.05) is 0 Å². The van der Waals surface area contributed by atoms with Crippen LogP contribution in [-0.2, 0) is 21.4 Å². The molecule has 0 aliphatic heterocycles. The minimum atomic E-state index is -3.96. The molecule has 3 aromatic rings. The molecule has 168 valence electrons. The third-order valence-corrected chi connectivity index (χ3v) is 6.52. The van der Waals surface area contributed by atoms with Gasteiger partial charge in [-0.2, -0.15) is 0 Å². The van der Waals surface area contributed by atoms with Crippen LogP contribution < -0.4 is 20.1 Å². The Balaban J connectivity index is 1.68. The number of rotatable bonds is 8. The summed E-state index contributed by atoms with van der Waals surface area (Å²) in [6.07, 6.45) is 0. The number of nitrogens with one attached hydrogen (secondary N) is 3. The molecule has 1 aromatic heterocycles. The van der Waals surface area contributed by atoms with Crippen LogP contribution in [0.25, 0.3) is 0 Å². The Hall–Kier alpha value is -3.35. The summed E-state index contributed by atoms with van der Waals surface area (Å²) in [6, 6.07) is 11.5. The van der Waals surface area contributed by atoms with Gasteiger partial charge in [-0.1, -0.05) is 17.4 Å². The maximum Gasteiger partial charge on any atom is 0.286 e. The number of anilines is 2. The van der Waals surface area contributed by atoms with Crippen LogP contribution >= 0.6 is 11.3 Å². The predicted molar refractivity (Wildman–Crippen MR) is 120 cm³/mol. The molecule has 0 saturated carbocycles. The molecule has 0 bridgehead atoms. The Morgan fingerprint density at radius 3 is 2.44 bits per heavy atom. The Bertz CT molecular complexity index is 1240. The van der Waals surface area contributed by atoms with Gasteiger partial charge in [0.25, 0.3) is 5.91 Å². The van der Waals surface area contributed by atoms with Crippen LogP contribution in [0.3, 0.4) is 0 Å². The quantitative estimate of drug-likeness (QED) is 0.455. The molecule has 2 aromatic carbocycles. The molecule has 32 heavy (non-hydrogen) atoms. The van der Waals surface area contributed by atoms with Crippen molar-refractivity contribution in [3.05, 3.63) is 58.0 Å². The molecular weight excluding hydrogens is 454 g/mol. The van der Waals surface area contributed by atoms with Crippen LogP contribution in [0.15, 0.2) is 47.4 Å². The molecule has 2 amide bonds. The van der Waals surface area contributed by atoms with E-state index < -0.39 is 15.9 Å². The van der Waals surface area contributed by atoms with Gasteiger partial charge in [0.15, 0.2) is 0 Å². The van der Waals surface area contributed by atoms with E-state index in [4.69, 9.17) is 4.74 Å². The number of aryl methyl sites for hydroxylation is 1. The van der Waals surface area contributed by atoms with Gasteiger partial charge < -0.3 is 15.4 Å². The molecule has 0 unspecified atom stereocenters. The van der Waals surface area contributed by atoms with Crippen LogP contribution in [0.5, 0.6) is 5.75 Å². The topological polar surface area (TPSA) is 139 Å². The summed E-state index contributed by atoms with van der Waals surface area (Å²) in [5.74, 6) is -0.195. The first-order chi connectivity index (χ1) is 15.2. The number of carbonyl (C=O) groups excluding carboxylic acids is 2. The highest BCUT2D eigenvalue weighted by atomic mass is 32.2. The molecule has 0 aliphatic carbocycles. The second kappa shape index (κ2) is 9.85. The van der Waals surface area contributed by atoms with E-state index in [9.17, 15) is 18.0 Å². The van der Waals surface area contributed by atoms with Gasteiger partial charge in [0.2, 0.25) is 20.9 Å². The number of hydrogen-bond donors (Lipinski definition) is 3. The second-order valence-electron chi connectivity index (χ2n) is 6.69. The second-order valence-corrected chi connectivity index (χ2v) is 9.49. The summed E-state index contributed by atoms with van der Waals surface area (Å²) in [6.45, 7) is 2.88. The molecule has 0 radical (unpaired) electrons. The summed E-state index contributed by atoms with van der Waals surface area (Å²) >= 11 is 0.966. The molecule has 0 saturated heterocycles. The average Bonchev–Trinajstić information content (AvgIpc) is 3.23. The molecule has 0 spiro atoms. The number of nitrogens with zero attached hydrogens (tertiary/aromatic N) is 2. The van der Waals surface area contributed by atoms with Gasteiger partial charge in [0, 0.05) is 12.6 Å². The van der Waals surface area contributed by atoms with Gasteiger partial charge >= 0.3 is 0 Å². The molecule has 3 rings (SSSR count). The van der Waals surface area contributed by atoms with E-state index in [-0.39, 0.29) is 28.0 Å².